The average Bonchev–Trinajstić information content (AvgIpc) is 4.47. The number of benzene rings is 11. The van der Waals surface area contributed by atoms with Crippen molar-refractivity contribution < 1.29 is 18.0 Å². The number of nitrogens with zero attached hydrogens (tertiary/aromatic N) is 2. The second-order valence-electron chi connectivity index (χ2n) is 22.5. The summed E-state index contributed by atoms with van der Waals surface area (Å²) in [5, 5.41) is 6.29. The fourth-order valence-corrected chi connectivity index (χ4v) is 14.9. The van der Waals surface area contributed by atoms with Crippen LogP contribution < -0.4 is 14.5 Å². The van der Waals surface area contributed by atoms with Crippen LogP contribution >= 0.6 is 0 Å². The predicted molar refractivity (Wildman–Crippen MR) is 330 cm³/mol. The maximum absolute atomic E-state index is 7.61. The molecule has 0 amide bonds. The van der Waals surface area contributed by atoms with Crippen LogP contribution in [-0.4, -0.2) is 12.1 Å². The van der Waals surface area contributed by atoms with E-state index in [0.29, 0.717) is 0 Å². The van der Waals surface area contributed by atoms with Gasteiger partial charge in [0.2, 0.25) is 0 Å². The van der Waals surface area contributed by atoms with Gasteiger partial charge in [-0.3, -0.25) is 0 Å². The number of hydrogen-bond donors (Lipinski definition) is 0. The van der Waals surface area contributed by atoms with E-state index in [4.69, 9.17) is 18.0 Å². The molecule has 0 radical (unpaired) electrons. The van der Waals surface area contributed by atoms with Crippen LogP contribution in [-0.2, 0) is 5.41 Å². The normalized spacial score (nSPS) is 16.9. The molecule has 0 saturated heterocycles. The van der Waals surface area contributed by atoms with E-state index in [1.165, 1.54) is 11.1 Å². The summed E-state index contributed by atoms with van der Waals surface area (Å²) in [6.07, 6.45) is 3.00. The van der Waals surface area contributed by atoms with Gasteiger partial charge in [0.25, 0.3) is 0 Å². The molecule has 0 spiro atoms. The molecule has 81 heavy (non-hydrogen) atoms. The molecule has 1 fully saturated rings. The zero-order chi connectivity index (χ0) is 53.5. The van der Waals surface area contributed by atoms with Crippen LogP contribution in [0.5, 0.6) is 5.75 Å². The highest BCUT2D eigenvalue weighted by molar-refractivity contribution is 6.26. The van der Waals surface area contributed by atoms with Gasteiger partial charge in [0.05, 0.1) is 33.9 Å². The number of hydrogen-bond acceptors (Lipinski definition) is 6. The van der Waals surface area contributed by atoms with Crippen LogP contribution in [0.15, 0.2) is 250 Å². The fourth-order valence-electron chi connectivity index (χ4n) is 14.9. The topological polar surface area (TPSA) is 55.1 Å². The van der Waals surface area contributed by atoms with Gasteiger partial charge in [-0.25, -0.2) is 0 Å². The van der Waals surface area contributed by atoms with E-state index in [1.54, 1.807) is 0 Å². The number of anilines is 5. The summed E-state index contributed by atoms with van der Waals surface area (Å²) in [5.74, 6) is 1.25. The lowest BCUT2D eigenvalue weighted by Crippen LogP contribution is -2.47. The Morgan fingerprint density at radius 3 is 1.65 bits per heavy atom. The number of ether oxygens (including phenoxy) is 1. The summed E-state index contributed by atoms with van der Waals surface area (Å²) in [5.41, 5.74) is 19.5. The second-order valence-corrected chi connectivity index (χ2v) is 22.5. The zero-order valence-corrected chi connectivity index (χ0v) is 44.9. The van der Waals surface area contributed by atoms with E-state index < -0.39 is 5.41 Å². The SMILES string of the molecule is Cc1ccccc1N(c1cccc2c1oc1ccccc12)c1cc2c(c3oc4ccccc4c13)-c1c(cc(N(c3ccccc3C)C3CCCC4c5ccccc5OC43)c3oc4ccccc4c13)C2(c1ccccc1)c1ccccc1. The predicted octanol–water partition coefficient (Wildman–Crippen LogP) is 20.1. The lowest BCUT2D eigenvalue weighted by molar-refractivity contribution is 0.139. The molecule has 4 heterocycles. The molecule has 1 saturated carbocycles. The minimum Gasteiger partial charge on any atom is -0.487 e. The Morgan fingerprint density at radius 1 is 0.407 bits per heavy atom. The van der Waals surface area contributed by atoms with Crippen molar-refractivity contribution in [1.82, 2.24) is 0 Å². The van der Waals surface area contributed by atoms with Crippen LogP contribution in [0.25, 0.3) is 76.9 Å². The van der Waals surface area contributed by atoms with Gasteiger partial charge in [0.1, 0.15) is 34.2 Å². The average molecular weight is 1050 g/mol. The molecule has 11 aromatic carbocycles. The van der Waals surface area contributed by atoms with Gasteiger partial charge >= 0.3 is 0 Å². The van der Waals surface area contributed by atoms with Gasteiger partial charge in [-0.1, -0.05) is 188 Å². The molecule has 14 aromatic rings. The van der Waals surface area contributed by atoms with Crippen molar-refractivity contribution in [1.29, 1.82) is 0 Å². The van der Waals surface area contributed by atoms with Crippen molar-refractivity contribution in [2.45, 2.75) is 56.6 Å². The summed E-state index contributed by atoms with van der Waals surface area (Å²) in [6, 6.07) is 85.8. The first-order chi connectivity index (χ1) is 40.0. The lowest BCUT2D eigenvalue weighted by Gasteiger charge is -2.43. The highest BCUT2D eigenvalue weighted by atomic mass is 16.5. The first kappa shape index (κ1) is 46.2. The number of furan rings is 3. The van der Waals surface area contributed by atoms with Crippen molar-refractivity contribution in [3.8, 4) is 16.9 Å². The lowest BCUT2D eigenvalue weighted by atomic mass is 9.67. The third kappa shape index (κ3) is 6.50. The standard InChI is InChI=1S/C75H54N2O4/c1-45-23-9-15-35-57(45)76(59-37-21-33-51-49-29-11-17-39-63(49)78-71(51)59)61-43-56-70(74-67(61)53-31-13-19-41-65(53)81-74)69-55(75(56,47-25-5-3-6-26-47)48-27-7-4-8-28-48)44-62(73-68(69)54-32-14-20-42-66(54)80-73)77(58-36-16-10-24-46(58)2)60-38-22-34-52-50-30-12-18-40-64(50)79-72(52)60/h3-21,23-33,35-37,39-44,52,60,72H,22,34,38H2,1-2H3. The van der Waals surface area contributed by atoms with Gasteiger partial charge in [0.15, 0.2) is 11.2 Å². The molecule has 1 aliphatic heterocycles. The summed E-state index contributed by atoms with van der Waals surface area (Å²) in [4.78, 5) is 5.07. The fraction of sp³-hybridized carbons (Fsp3) is 0.120. The summed E-state index contributed by atoms with van der Waals surface area (Å²) >= 11 is 0. The van der Waals surface area contributed by atoms with Crippen LogP contribution in [0.2, 0.25) is 0 Å². The van der Waals surface area contributed by atoms with Crippen molar-refractivity contribution >= 4 is 94.3 Å². The first-order valence-electron chi connectivity index (χ1n) is 28.5. The summed E-state index contributed by atoms with van der Waals surface area (Å²) in [6.45, 7) is 4.45. The molecule has 3 unspecified atom stereocenters. The third-order valence-corrected chi connectivity index (χ3v) is 18.3. The Morgan fingerprint density at radius 2 is 0.938 bits per heavy atom. The Hall–Kier alpha value is -9.78. The van der Waals surface area contributed by atoms with Crippen molar-refractivity contribution in [3.05, 3.63) is 276 Å². The van der Waals surface area contributed by atoms with Gasteiger partial charge in [-0.2, -0.15) is 0 Å². The smallest absolute Gasteiger partial charge is 0.159 e. The molecule has 3 aromatic heterocycles. The minimum absolute atomic E-state index is 0.0318. The maximum atomic E-state index is 7.61. The van der Waals surface area contributed by atoms with Crippen molar-refractivity contribution in [2.24, 2.45) is 0 Å². The number of fused-ring (bicyclic) bond motifs is 17. The molecular formula is C75H54N2O4. The molecule has 388 valence electrons. The quantitative estimate of drug-likeness (QED) is 0.151. The van der Waals surface area contributed by atoms with Crippen molar-refractivity contribution in [2.75, 3.05) is 9.80 Å². The van der Waals surface area contributed by atoms with Gasteiger partial charge in [0, 0.05) is 60.9 Å². The molecular weight excluding hydrogens is 993 g/mol. The maximum Gasteiger partial charge on any atom is 0.159 e. The number of para-hydroxylation sites is 7. The van der Waals surface area contributed by atoms with Crippen LogP contribution in [0.3, 0.4) is 0 Å². The molecule has 3 atom stereocenters. The molecule has 6 heteroatoms. The Kier molecular flexibility index (Phi) is 10.0. The number of aryl methyl sites for hydroxylation is 2. The monoisotopic (exact) mass is 1050 g/mol. The van der Waals surface area contributed by atoms with E-state index in [9.17, 15) is 0 Å². The summed E-state index contributed by atoms with van der Waals surface area (Å²) < 4.78 is 29.4. The van der Waals surface area contributed by atoms with Gasteiger partial charge < -0.3 is 27.8 Å². The first-order valence-corrected chi connectivity index (χ1v) is 28.5. The van der Waals surface area contributed by atoms with E-state index in [2.05, 4.69) is 260 Å². The molecule has 3 aliphatic rings. The highest BCUT2D eigenvalue weighted by Crippen LogP contribution is 2.65. The molecule has 6 nitrogen and oxygen atoms in total. The van der Waals surface area contributed by atoms with Gasteiger partial charge in [-0.15, -0.1) is 0 Å². The molecule has 0 N–H and O–H groups in total. The second kappa shape index (κ2) is 17.6. The molecule has 0 bridgehead atoms. The zero-order valence-electron chi connectivity index (χ0n) is 44.9. The Balaban J connectivity index is 1.05. The van der Waals surface area contributed by atoms with E-state index in [1.807, 2.05) is 0 Å². The van der Waals surface area contributed by atoms with Gasteiger partial charge in [-0.05, 0) is 115 Å². The Labute approximate surface area is 468 Å². The van der Waals surface area contributed by atoms with Crippen molar-refractivity contribution in [3.63, 3.8) is 0 Å². The number of rotatable bonds is 8. The van der Waals surface area contributed by atoms with Crippen LogP contribution in [0.4, 0.5) is 28.4 Å². The van der Waals surface area contributed by atoms with E-state index in [0.717, 1.165) is 158 Å². The highest BCUT2D eigenvalue weighted by Gasteiger charge is 2.52. The van der Waals surface area contributed by atoms with Crippen LogP contribution in [0.1, 0.15) is 64.1 Å². The van der Waals surface area contributed by atoms with Crippen LogP contribution in [0, 0.1) is 13.8 Å². The van der Waals surface area contributed by atoms with E-state index in [-0.39, 0.29) is 18.1 Å². The molecule has 2 aliphatic carbocycles. The molecule has 17 rings (SSSR count). The minimum atomic E-state index is -0.911. The third-order valence-electron chi connectivity index (χ3n) is 18.3. The van der Waals surface area contributed by atoms with E-state index >= 15 is 0 Å². The summed E-state index contributed by atoms with van der Waals surface area (Å²) in [7, 11) is 0. The Bertz CT molecular complexity index is 4820. The largest absolute Gasteiger partial charge is 0.487 e.